The Bertz CT molecular complexity index is 626. The van der Waals surface area contributed by atoms with Crippen LogP contribution in [-0.4, -0.2) is 71.1 Å². The number of aryl methyl sites for hydroxylation is 1. The number of carbonyl (C=O) groups is 2. The zero-order valence-corrected chi connectivity index (χ0v) is 15.5. The number of carbonyl (C=O) groups excluding carboxylic acids is 2. The Hall–Kier alpha value is -2.05. The predicted octanol–water partition coefficient (Wildman–Crippen LogP) is 2.47. The number of piperazine rings is 1. The van der Waals surface area contributed by atoms with E-state index in [0.29, 0.717) is 43.2 Å². The summed E-state index contributed by atoms with van der Waals surface area (Å²) in [6.07, 6.45) is 3.40. The van der Waals surface area contributed by atoms with Crippen molar-refractivity contribution < 1.29 is 14.1 Å². The topological polar surface area (TPSA) is 69.9 Å². The van der Waals surface area contributed by atoms with E-state index in [0.717, 1.165) is 25.9 Å². The van der Waals surface area contributed by atoms with Gasteiger partial charge in [0.2, 0.25) is 0 Å². The molecule has 0 radical (unpaired) electrons. The first-order valence-corrected chi connectivity index (χ1v) is 9.28. The van der Waals surface area contributed by atoms with Crippen LogP contribution in [0.2, 0.25) is 0 Å². The Morgan fingerprint density at radius 3 is 2.08 bits per heavy atom. The van der Waals surface area contributed by atoms with Gasteiger partial charge < -0.3 is 19.2 Å². The van der Waals surface area contributed by atoms with Crippen LogP contribution < -0.4 is 0 Å². The highest BCUT2D eigenvalue weighted by Gasteiger charge is 2.31. The maximum Gasteiger partial charge on any atom is 0.320 e. The summed E-state index contributed by atoms with van der Waals surface area (Å²) in [6.45, 7) is 9.79. The van der Waals surface area contributed by atoms with Gasteiger partial charge in [0.25, 0.3) is 5.91 Å². The fourth-order valence-corrected chi connectivity index (χ4v) is 3.59. The number of urea groups is 1. The standard InChI is InChI=1S/C18H28N4O3/c1-13(2)16-15(14(3)19-25-16)17(23)20-9-11-22(12-10-20)18(24)21-7-5-4-6-8-21/h13H,4-12H2,1-3H3. The molecule has 7 nitrogen and oxygen atoms in total. The maximum atomic E-state index is 12.9. The summed E-state index contributed by atoms with van der Waals surface area (Å²) >= 11 is 0. The summed E-state index contributed by atoms with van der Waals surface area (Å²) in [6, 6.07) is 0.121. The van der Waals surface area contributed by atoms with Crippen molar-refractivity contribution in [2.75, 3.05) is 39.3 Å². The number of aromatic nitrogens is 1. The van der Waals surface area contributed by atoms with Gasteiger partial charge in [-0.15, -0.1) is 0 Å². The SMILES string of the molecule is Cc1noc(C(C)C)c1C(=O)N1CCN(C(=O)N2CCCCC2)CC1. The van der Waals surface area contributed by atoms with E-state index in [-0.39, 0.29) is 17.9 Å². The minimum absolute atomic E-state index is 0.0347. The molecule has 2 fully saturated rings. The molecular formula is C18H28N4O3. The van der Waals surface area contributed by atoms with Crippen LogP contribution in [0.3, 0.4) is 0 Å². The van der Waals surface area contributed by atoms with Crippen LogP contribution in [0, 0.1) is 6.92 Å². The lowest BCUT2D eigenvalue weighted by Crippen LogP contribution is -2.54. The third-order valence-electron chi connectivity index (χ3n) is 5.09. The largest absolute Gasteiger partial charge is 0.360 e. The predicted molar refractivity (Wildman–Crippen MR) is 93.6 cm³/mol. The van der Waals surface area contributed by atoms with Gasteiger partial charge in [0.05, 0.1) is 5.69 Å². The van der Waals surface area contributed by atoms with Crippen LogP contribution >= 0.6 is 0 Å². The molecule has 3 heterocycles. The molecule has 2 aliphatic heterocycles. The maximum absolute atomic E-state index is 12.9. The van der Waals surface area contributed by atoms with E-state index in [1.807, 2.05) is 28.5 Å². The monoisotopic (exact) mass is 348 g/mol. The lowest BCUT2D eigenvalue weighted by molar-refractivity contribution is 0.0629. The van der Waals surface area contributed by atoms with Crippen molar-refractivity contribution in [1.29, 1.82) is 0 Å². The van der Waals surface area contributed by atoms with Crippen molar-refractivity contribution >= 4 is 11.9 Å². The summed E-state index contributed by atoms with van der Waals surface area (Å²) in [5, 5.41) is 3.96. The molecule has 3 rings (SSSR count). The van der Waals surface area contributed by atoms with Crippen LogP contribution in [0.15, 0.2) is 4.52 Å². The van der Waals surface area contributed by atoms with E-state index in [4.69, 9.17) is 4.52 Å². The van der Waals surface area contributed by atoms with E-state index < -0.39 is 0 Å². The number of hydrogen-bond acceptors (Lipinski definition) is 4. The molecular weight excluding hydrogens is 320 g/mol. The minimum Gasteiger partial charge on any atom is -0.360 e. The molecule has 0 spiro atoms. The number of hydrogen-bond donors (Lipinski definition) is 0. The summed E-state index contributed by atoms with van der Waals surface area (Å²) in [5.74, 6) is 0.726. The normalized spacial score (nSPS) is 18.8. The van der Waals surface area contributed by atoms with Gasteiger partial charge in [0.1, 0.15) is 5.56 Å². The smallest absolute Gasteiger partial charge is 0.320 e. The third-order valence-corrected chi connectivity index (χ3v) is 5.09. The van der Waals surface area contributed by atoms with Gasteiger partial charge in [0, 0.05) is 45.2 Å². The summed E-state index contributed by atoms with van der Waals surface area (Å²) in [7, 11) is 0. The van der Waals surface area contributed by atoms with Crippen LogP contribution in [0.25, 0.3) is 0 Å². The number of likely N-dealkylation sites (tertiary alicyclic amines) is 1. The lowest BCUT2D eigenvalue weighted by Gasteiger charge is -2.38. The van der Waals surface area contributed by atoms with Crippen LogP contribution in [0.4, 0.5) is 4.79 Å². The number of amides is 3. The van der Waals surface area contributed by atoms with E-state index in [2.05, 4.69) is 5.16 Å². The van der Waals surface area contributed by atoms with Crippen molar-refractivity contribution in [3.63, 3.8) is 0 Å². The molecule has 0 aromatic carbocycles. The molecule has 2 saturated heterocycles. The fraction of sp³-hybridized carbons (Fsp3) is 0.722. The average molecular weight is 348 g/mol. The molecule has 25 heavy (non-hydrogen) atoms. The number of rotatable bonds is 2. The fourth-order valence-electron chi connectivity index (χ4n) is 3.59. The van der Waals surface area contributed by atoms with Crippen molar-refractivity contribution in [3.05, 3.63) is 17.0 Å². The third kappa shape index (κ3) is 3.65. The van der Waals surface area contributed by atoms with Crippen molar-refractivity contribution in [2.24, 2.45) is 0 Å². The van der Waals surface area contributed by atoms with Gasteiger partial charge in [-0.05, 0) is 26.2 Å². The summed E-state index contributed by atoms with van der Waals surface area (Å²) < 4.78 is 5.34. The molecule has 0 saturated carbocycles. The molecule has 1 aromatic heterocycles. The molecule has 0 N–H and O–H groups in total. The second-order valence-corrected chi connectivity index (χ2v) is 7.27. The van der Waals surface area contributed by atoms with E-state index in [1.165, 1.54) is 6.42 Å². The van der Waals surface area contributed by atoms with E-state index in [9.17, 15) is 9.59 Å². The van der Waals surface area contributed by atoms with Gasteiger partial charge >= 0.3 is 6.03 Å². The zero-order valence-electron chi connectivity index (χ0n) is 15.5. The first-order chi connectivity index (χ1) is 12.0. The average Bonchev–Trinajstić information content (AvgIpc) is 3.03. The number of piperidine rings is 1. The first kappa shape index (κ1) is 17.8. The molecule has 7 heteroatoms. The molecule has 2 aliphatic rings. The first-order valence-electron chi connectivity index (χ1n) is 9.28. The van der Waals surface area contributed by atoms with Gasteiger partial charge in [-0.1, -0.05) is 19.0 Å². The second-order valence-electron chi connectivity index (χ2n) is 7.27. The lowest BCUT2D eigenvalue weighted by atomic mass is 10.0. The highest BCUT2D eigenvalue weighted by molar-refractivity contribution is 5.96. The molecule has 0 bridgehead atoms. The Labute approximate surface area is 148 Å². The van der Waals surface area contributed by atoms with E-state index >= 15 is 0 Å². The Morgan fingerprint density at radius 1 is 0.920 bits per heavy atom. The Kier molecular flexibility index (Phi) is 5.30. The van der Waals surface area contributed by atoms with Gasteiger partial charge in [-0.3, -0.25) is 4.79 Å². The summed E-state index contributed by atoms with van der Waals surface area (Å²) in [4.78, 5) is 31.1. The minimum atomic E-state index is -0.0347. The van der Waals surface area contributed by atoms with E-state index in [1.54, 1.807) is 6.92 Å². The highest BCUT2D eigenvalue weighted by atomic mass is 16.5. The van der Waals surface area contributed by atoms with Gasteiger partial charge in [-0.2, -0.15) is 0 Å². The van der Waals surface area contributed by atoms with Crippen molar-refractivity contribution in [1.82, 2.24) is 19.9 Å². The molecule has 0 aliphatic carbocycles. The zero-order chi connectivity index (χ0) is 18.0. The van der Waals surface area contributed by atoms with Crippen LogP contribution in [0.1, 0.15) is 60.8 Å². The van der Waals surface area contributed by atoms with Crippen LogP contribution in [-0.2, 0) is 0 Å². The Morgan fingerprint density at radius 2 is 1.48 bits per heavy atom. The number of nitrogens with zero attached hydrogens (tertiary/aromatic N) is 4. The van der Waals surface area contributed by atoms with Crippen LogP contribution in [0.5, 0.6) is 0 Å². The van der Waals surface area contributed by atoms with Crippen molar-refractivity contribution in [3.8, 4) is 0 Å². The highest BCUT2D eigenvalue weighted by Crippen LogP contribution is 2.24. The molecule has 0 unspecified atom stereocenters. The van der Waals surface area contributed by atoms with Crippen molar-refractivity contribution in [2.45, 2.75) is 46.0 Å². The van der Waals surface area contributed by atoms with Gasteiger partial charge in [-0.25, -0.2) is 4.79 Å². The quantitative estimate of drug-likeness (QED) is 0.823. The molecule has 138 valence electrons. The van der Waals surface area contributed by atoms with Gasteiger partial charge in [0.15, 0.2) is 5.76 Å². The second kappa shape index (κ2) is 7.45. The Balaban J connectivity index is 1.61. The molecule has 1 aromatic rings. The molecule has 0 atom stereocenters. The molecule has 3 amide bonds. The summed E-state index contributed by atoms with van der Waals surface area (Å²) in [5.41, 5.74) is 1.23.